The number of aliphatic hydroxyl groups excluding tert-OH is 1. The molecule has 0 saturated carbocycles. The normalized spacial score (nSPS) is 30.8. The fourth-order valence-corrected chi connectivity index (χ4v) is 8.60. The number of aliphatic hydroxyl groups is 2. The highest BCUT2D eigenvalue weighted by atomic mass is 79.9. The number of carbonyl (C=O) groups excluding carboxylic acids is 2. The number of rotatable bonds is 15. The predicted molar refractivity (Wildman–Crippen MR) is 179 cm³/mol. The maximum atomic E-state index is 13.9. The Morgan fingerprint density at radius 2 is 1.76 bits per heavy atom. The second-order valence-electron chi connectivity index (χ2n) is 14.0. The molecule has 260 valence electrons. The number of aryl methyl sites for hydroxylation is 1. The lowest BCUT2D eigenvalue weighted by molar-refractivity contribution is -0.229. The molecule has 0 amide bonds. The van der Waals surface area contributed by atoms with Gasteiger partial charge in [-0.3, -0.25) is 9.59 Å². The van der Waals surface area contributed by atoms with Crippen LogP contribution in [-0.4, -0.2) is 73.6 Å². The molecule has 2 fully saturated rings. The van der Waals surface area contributed by atoms with Gasteiger partial charge in [-0.05, 0) is 88.7 Å². The van der Waals surface area contributed by atoms with Gasteiger partial charge in [-0.25, -0.2) is 4.79 Å². The molecule has 2 heterocycles. The lowest BCUT2D eigenvalue weighted by atomic mass is 9.76. The van der Waals surface area contributed by atoms with E-state index < -0.39 is 52.2 Å². The molecule has 1 aromatic rings. The Morgan fingerprint density at radius 1 is 1.11 bits per heavy atom. The van der Waals surface area contributed by atoms with E-state index in [9.17, 15) is 34.8 Å². The number of benzene rings is 1. The lowest BCUT2D eigenvalue weighted by Crippen LogP contribution is -2.55. The van der Waals surface area contributed by atoms with Crippen LogP contribution in [-0.2, 0) is 14.3 Å². The first-order valence-electron chi connectivity index (χ1n) is 17.0. The summed E-state index contributed by atoms with van der Waals surface area (Å²) in [7, 11) is 0. The van der Waals surface area contributed by atoms with E-state index >= 15 is 0 Å². The van der Waals surface area contributed by atoms with Gasteiger partial charge in [-0.2, -0.15) is 0 Å². The molecule has 4 N–H and O–H groups in total. The average molecular weight is 712 g/mol. The number of aromatic carboxylic acids is 1. The molecule has 10 unspecified atom stereocenters. The number of hydrogen-bond acceptors (Lipinski definition) is 8. The molecule has 46 heavy (non-hydrogen) atoms. The van der Waals surface area contributed by atoms with Crippen LogP contribution in [0.15, 0.2) is 10.5 Å². The molecule has 0 aliphatic carbocycles. The minimum Gasteiger partial charge on any atom is -0.507 e. The molecular weight excluding hydrogens is 656 g/mol. The van der Waals surface area contributed by atoms with E-state index in [1.54, 1.807) is 13.8 Å². The number of Topliss-reactive ketones (excluding diaryl/α,β-unsaturated/α-hetero) is 2. The monoisotopic (exact) mass is 710 g/mol. The summed E-state index contributed by atoms with van der Waals surface area (Å²) in [4.78, 5) is 38.8. The highest BCUT2D eigenvalue weighted by molar-refractivity contribution is 9.10. The molecule has 0 aromatic heterocycles. The Balaban J connectivity index is 1.64. The van der Waals surface area contributed by atoms with Gasteiger partial charge in [0.25, 0.3) is 0 Å². The summed E-state index contributed by atoms with van der Waals surface area (Å²) in [5.41, 5.74) is -1.51. The van der Waals surface area contributed by atoms with Crippen molar-refractivity contribution in [1.82, 2.24) is 0 Å². The predicted octanol–water partition coefficient (Wildman–Crippen LogP) is 7.03. The minimum atomic E-state index is -1.38. The number of halogens is 1. The second-order valence-corrected chi connectivity index (χ2v) is 14.9. The van der Waals surface area contributed by atoms with E-state index in [-0.39, 0.29) is 47.9 Å². The molecule has 2 aliphatic rings. The molecule has 2 aliphatic heterocycles. The van der Waals surface area contributed by atoms with Crippen molar-refractivity contribution < 1.29 is 44.3 Å². The van der Waals surface area contributed by atoms with E-state index in [1.165, 1.54) is 6.07 Å². The first kappa shape index (κ1) is 38.6. The van der Waals surface area contributed by atoms with E-state index in [0.717, 1.165) is 12.8 Å². The Bertz CT molecular complexity index is 1270. The van der Waals surface area contributed by atoms with E-state index in [1.807, 2.05) is 27.7 Å². The zero-order valence-corrected chi connectivity index (χ0v) is 30.4. The van der Waals surface area contributed by atoms with Crippen molar-refractivity contribution in [2.24, 2.45) is 23.7 Å². The van der Waals surface area contributed by atoms with Crippen molar-refractivity contribution in [3.05, 3.63) is 27.2 Å². The molecule has 9 nitrogen and oxygen atoms in total. The smallest absolute Gasteiger partial charge is 0.340 e. The maximum absolute atomic E-state index is 13.9. The van der Waals surface area contributed by atoms with Crippen LogP contribution in [0.25, 0.3) is 0 Å². The van der Waals surface area contributed by atoms with Gasteiger partial charge in [0, 0.05) is 22.7 Å². The number of phenols is 1. The molecule has 0 spiro atoms. The third-order valence-corrected chi connectivity index (χ3v) is 11.7. The highest BCUT2D eigenvalue weighted by Crippen LogP contribution is 2.48. The van der Waals surface area contributed by atoms with Gasteiger partial charge in [0.1, 0.15) is 17.1 Å². The van der Waals surface area contributed by atoms with Crippen molar-refractivity contribution in [2.45, 2.75) is 149 Å². The molecular formula is C36H55BrO9. The summed E-state index contributed by atoms with van der Waals surface area (Å²) in [6.07, 6.45) is 3.21. The third kappa shape index (κ3) is 7.72. The minimum absolute atomic E-state index is 0.0302. The molecule has 3 rings (SSSR count). The number of carbonyl (C=O) groups is 3. The Morgan fingerprint density at radius 3 is 2.30 bits per heavy atom. The van der Waals surface area contributed by atoms with Crippen LogP contribution in [0.3, 0.4) is 0 Å². The largest absolute Gasteiger partial charge is 0.507 e. The van der Waals surface area contributed by atoms with Crippen molar-refractivity contribution in [3.8, 4) is 5.75 Å². The van der Waals surface area contributed by atoms with Crippen LogP contribution in [0.5, 0.6) is 5.75 Å². The van der Waals surface area contributed by atoms with Crippen LogP contribution in [0, 0.1) is 30.6 Å². The number of ketones is 2. The van der Waals surface area contributed by atoms with Gasteiger partial charge < -0.3 is 29.9 Å². The maximum Gasteiger partial charge on any atom is 0.340 e. The van der Waals surface area contributed by atoms with Crippen molar-refractivity contribution >= 4 is 33.5 Å². The first-order valence-corrected chi connectivity index (χ1v) is 17.8. The quantitative estimate of drug-likeness (QED) is 0.141. The summed E-state index contributed by atoms with van der Waals surface area (Å²) >= 11 is 3.28. The number of ether oxygens (including phenoxy) is 2. The molecule has 0 radical (unpaired) electrons. The average Bonchev–Trinajstić information content (AvgIpc) is 3.36. The van der Waals surface area contributed by atoms with Gasteiger partial charge in [0.2, 0.25) is 0 Å². The summed E-state index contributed by atoms with van der Waals surface area (Å²) in [5, 5.41) is 42.1. The SMILES string of the molecule is CCC(C(=O)C(C)C(O)C(C)CCCC(=O)c1c(Br)cc(C)c(O)c1C(=O)O)C1OC(CC)(C2CCC(O)(CC)C(C)O2)CC1C. The molecule has 10 atom stereocenters. The van der Waals surface area contributed by atoms with Crippen LogP contribution in [0.1, 0.15) is 133 Å². The van der Waals surface area contributed by atoms with Crippen LogP contribution >= 0.6 is 15.9 Å². The summed E-state index contributed by atoms with van der Waals surface area (Å²) in [6.45, 7) is 15.3. The van der Waals surface area contributed by atoms with Crippen molar-refractivity contribution in [3.63, 3.8) is 0 Å². The summed E-state index contributed by atoms with van der Waals surface area (Å²) < 4.78 is 13.6. The van der Waals surface area contributed by atoms with E-state index in [4.69, 9.17) is 9.47 Å². The number of carboxylic acid groups (broad SMARTS) is 1. The third-order valence-electron chi connectivity index (χ3n) is 11.1. The van der Waals surface area contributed by atoms with Gasteiger partial charge >= 0.3 is 5.97 Å². The molecule has 2 saturated heterocycles. The van der Waals surface area contributed by atoms with Crippen molar-refractivity contribution in [2.75, 3.05) is 0 Å². The molecule has 10 heteroatoms. The zero-order valence-electron chi connectivity index (χ0n) is 28.8. The second kappa shape index (κ2) is 15.6. The fraction of sp³-hybridized carbons (Fsp3) is 0.750. The zero-order chi connectivity index (χ0) is 34.7. The number of hydrogen-bond donors (Lipinski definition) is 4. The van der Waals surface area contributed by atoms with Gasteiger partial charge in [-0.15, -0.1) is 0 Å². The van der Waals surface area contributed by atoms with E-state index in [0.29, 0.717) is 48.6 Å². The fourth-order valence-electron chi connectivity index (χ4n) is 7.84. The highest BCUT2D eigenvalue weighted by Gasteiger charge is 2.55. The summed E-state index contributed by atoms with van der Waals surface area (Å²) in [5.74, 6) is -3.47. The van der Waals surface area contributed by atoms with Gasteiger partial charge in [-0.1, -0.05) is 57.5 Å². The van der Waals surface area contributed by atoms with Crippen LogP contribution in [0.4, 0.5) is 0 Å². The standard InChI is InChI=1S/C36H55BrO9/c1-9-24(33-21(6)18-36(11-3,46-33)27-15-16-35(44,10-2)23(8)45-27)32(41)22(7)30(39)19(4)13-12-14-26(38)28-25(37)17-20(5)31(40)29(28)34(42)43/h17,19,21-24,27,30,33,39-40,44H,9-16,18H2,1-8H3,(H,42,43). The lowest BCUT2D eigenvalue weighted by Gasteiger charge is -2.47. The molecule has 1 aromatic carbocycles. The van der Waals surface area contributed by atoms with Crippen LogP contribution < -0.4 is 0 Å². The number of aromatic hydroxyl groups is 1. The Kier molecular flexibility index (Phi) is 13.1. The number of carboxylic acids is 1. The Labute approximate surface area is 282 Å². The summed E-state index contributed by atoms with van der Waals surface area (Å²) in [6, 6.07) is 1.52. The first-order chi connectivity index (χ1) is 21.5. The Hall–Kier alpha value is -1.85. The van der Waals surface area contributed by atoms with Gasteiger partial charge in [0.05, 0.1) is 41.2 Å². The van der Waals surface area contributed by atoms with Gasteiger partial charge in [0.15, 0.2) is 5.78 Å². The van der Waals surface area contributed by atoms with Crippen molar-refractivity contribution in [1.29, 1.82) is 0 Å². The topological polar surface area (TPSA) is 151 Å². The van der Waals surface area contributed by atoms with E-state index in [2.05, 4.69) is 29.8 Å². The molecule has 0 bridgehead atoms. The van der Waals surface area contributed by atoms with Crippen LogP contribution in [0.2, 0.25) is 0 Å².